The molecule has 1 aromatic carbocycles. The molecular weight excluding hydrogens is 276 g/mol. The molecule has 2 rings (SSSR count). The number of nitrogens with zero attached hydrogens (tertiary/aromatic N) is 1. The second kappa shape index (κ2) is 7.97. The van der Waals surface area contributed by atoms with Gasteiger partial charge in [0, 0.05) is 30.8 Å². The maximum absolute atomic E-state index is 12.4. The lowest BCUT2D eigenvalue weighted by Gasteiger charge is -2.17. The minimum Gasteiger partial charge on any atom is -0.349 e. The van der Waals surface area contributed by atoms with Gasteiger partial charge in [0.15, 0.2) is 0 Å². The maximum atomic E-state index is 12.4. The highest BCUT2D eigenvalue weighted by molar-refractivity contribution is 5.99. The van der Waals surface area contributed by atoms with Gasteiger partial charge >= 0.3 is 0 Å². The summed E-state index contributed by atoms with van der Waals surface area (Å²) < 4.78 is 0. The van der Waals surface area contributed by atoms with Crippen LogP contribution in [0.15, 0.2) is 24.3 Å². The molecule has 1 aliphatic rings. The summed E-state index contributed by atoms with van der Waals surface area (Å²) in [5.41, 5.74) is 1.15. The highest BCUT2D eigenvalue weighted by Crippen LogP contribution is 2.18. The van der Waals surface area contributed by atoms with Gasteiger partial charge in [-0.2, -0.15) is 0 Å². The van der Waals surface area contributed by atoms with Crippen molar-refractivity contribution in [2.45, 2.75) is 51.5 Å². The van der Waals surface area contributed by atoms with E-state index in [1.165, 1.54) is 12.8 Å². The van der Waals surface area contributed by atoms with E-state index in [-0.39, 0.29) is 11.8 Å². The standard InChI is InChI=1S/C18H26N2O2/c1-3-4-12-20(2)18(22)15-9-7-8-14(13-15)17(21)19-16-10-5-6-11-16/h7-9,13,16H,3-6,10-12H2,1-2H3,(H,19,21). The molecule has 0 unspecified atom stereocenters. The summed E-state index contributed by atoms with van der Waals surface area (Å²) in [6.07, 6.45) is 6.54. The average Bonchev–Trinajstić information content (AvgIpc) is 3.04. The molecule has 0 aromatic heterocycles. The molecule has 0 bridgehead atoms. The summed E-state index contributed by atoms with van der Waals surface area (Å²) in [5, 5.41) is 3.06. The van der Waals surface area contributed by atoms with Crippen molar-refractivity contribution < 1.29 is 9.59 Å². The van der Waals surface area contributed by atoms with Gasteiger partial charge in [-0.1, -0.05) is 32.3 Å². The molecule has 120 valence electrons. The SMILES string of the molecule is CCCCN(C)C(=O)c1cccc(C(=O)NC2CCCC2)c1. The topological polar surface area (TPSA) is 49.4 Å². The Hall–Kier alpha value is -1.84. The summed E-state index contributed by atoms with van der Waals surface area (Å²) in [6, 6.07) is 7.32. The van der Waals surface area contributed by atoms with Crippen LogP contribution in [0.25, 0.3) is 0 Å². The minimum absolute atomic E-state index is 0.0241. The second-order valence-corrected chi connectivity index (χ2v) is 6.12. The van der Waals surface area contributed by atoms with Crippen LogP contribution in [-0.4, -0.2) is 36.3 Å². The Bertz CT molecular complexity index is 522. The van der Waals surface area contributed by atoms with Crippen molar-refractivity contribution in [2.75, 3.05) is 13.6 Å². The van der Waals surface area contributed by atoms with E-state index in [1.54, 1.807) is 29.2 Å². The summed E-state index contributed by atoms with van der Waals surface area (Å²) in [7, 11) is 1.81. The number of carbonyl (C=O) groups is 2. The van der Waals surface area contributed by atoms with E-state index in [1.807, 2.05) is 7.05 Å². The van der Waals surface area contributed by atoms with Crippen molar-refractivity contribution in [3.05, 3.63) is 35.4 Å². The molecular formula is C18H26N2O2. The Balaban J connectivity index is 2.02. The number of carbonyl (C=O) groups excluding carboxylic acids is 2. The van der Waals surface area contributed by atoms with Crippen LogP contribution in [0.1, 0.15) is 66.2 Å². The fourth-order valence-corrected chi connectivity index (χ4v) is 2.85. The first-order valence-electron chi connectivity index (χ1n) is 8.28. The van der Waals surface area contributed by atoms with Crippen molar-refractivity contribution in [3.8, 4) is 0 Å². The quantitative estimate of drug-likeness (QED) is 0.877. The Morgan fingerprint density at radius 3 is 2.59 bits per heavy atom. The van der Waals surface area contributed by atoms with Gasteiger partial charge in [-0.05, 0) is 37.5 Å². The molecule has 0 atom stereocenters. The fourth-order valence-electron chi connectivity index (χ4n) is 2.85. The average molecular weight is 302 g/mol. The number of rotatable bonds is 6. The molecule has 4 nitrogen and oxygen atoms in total. The highest BCUT2D eigenvalue weighted by Gasteiger charge is 2.19. The van der Waals surface area contributed by atoms with Crippen LogP contribution >= 0.6 is 0 Å². The zero-order valence-corrected chi connectivity index (χ0v) is 13.6. The Morgan fingerprint density at radius 1 is 1.23 bits per heavy atom. The largest absolute Gasteiger partial charge is 0.349 e. The van der Waals surface area contributed by atoms with Crippen molar-refractivity contribution in [1.82, 2.24) is 10.2 Å². The highest BCUT2D eigenvalue weighted by atomic mass is 16.2. The molecule has 4 heteroatoms. The summed E-state index contributed by atoms with van der Waals surface area (Å²) in [6.45, 7) is 2.85. The van der Waals surface area contributed by atoms with Crippen LogP contribution in [-0.2, 0) is 0 Å². The minimum atomic E-state index is -0.0715. The van der Waals surface area contributed by atoms with Gasteiger partial charge in [0.05, 0.1) is 0 Å². The van der Waals surface area contributed by atoms with Crippen LogP contribution in [0.3, 0.4) is 0 Å². The number of nitrogens with one attached hydrogen (secondary N) is 1. The van der Waals surface area contributed by atoms with Gasteiger partial charge in [-0.15, -0.1) is 0 Å². The zero-order valence-electron chi connectivity index (χ0n) is 13.6. The van der Waals surface area contributed by atoms with Crippen LogP contribution in [0.4, 0.5) is 0 Å². The molecule has 0 heterocycles. The molecule has 1 aliphatic carbocycles. The van der Waals surface area contributed by atoms with E-state index >= 15 is 0 Å². The first-order chi connectivity index (χ1) is 10.6. The van der Waals surface area contributed by atoms with Crippen molar-refractivity contribution in [1.29, 1.82) is 0 Å². The third-order valence-corrected chi connectivity index (χ3v) is 4.26. The first kappa shape index (κ1) is 16.5. The van der Waals surface area contributed by atoms with Crippen molar-refractivity contribution in [3.63, 3.8) is 0 Å². The lowest BCUT2D eigenvalue weighted by molar-refractivity contribution is 0.0793. The number of hydrogen-bond donors (Lipinski definition) is 1. The molecule has 1 aromatic rings. The molecule has 0 spiro atoms. The maximum Gasteiger partial charge on any atom is 0.253 e. The zero-order chi connectivity index (χ0) is 15.9. The molecule has 0 aliphatic heterocycles. The predicted molar refractivity (Wildman–Crippen MR) is 88.0 cm³/mol. The van der Waals surface area contributed by atoms with E-state index in [0.29, 0.717) is 17.2 Å². The molecule has 1 N–H and O–H groups in total. The number of benzene rings is 1. The van der Waals surface area contributed by atoms with E-state index in [4.69, 9.17) is 0 Å². The van der Waals surface area contributed by atoms with E-state index in [9.17, 15) is 9.59 Å². The molecule has 22 heavy (non-hydrogen) atoms. The van der Waals surface area contributed by atoms with Gasteiger partial charge in [-0.3, -0.25) is 9.59 Å². The monoisotopic (exact) mass is 302 g/mol. The lowest BCUT2D eigenvalue weighted by Crippen LogP contribution is -2.33. The van der Waals surface area contributed by atoms with Crippen LogP contribution in [0, 0.1) is 0 Å². The van der Waals surface area contributed by atoms with Gasteiger partial charge in [0.2, 0.25) is 0 Å². The second-order valence-electron chi connectivity index (χ2n) is 6.12. The van der Waals surface area contributed by atoms with Gasteiger partial charge in [-0.25, -0.2) is 0 Å². The van der Waals surface area contributed by atoms with Crippen LogP contribution in [0.2, 0.25) is 0 Å². The van der Waals surface area contributed by atoms with E-state index < -0.39 is 0 Å². The third kappa shape index (κ3) is 4.33. The van der Waals surface area contributed by atoms with Gasteiger partial charge < -0.3 is 10.2 Å². The number of amides is 2. The Morgan fingerprint density at radius 2 is 1.91 bits per heavy atom. The molecule has 1 saturated carbocycles. The summed E-state index contributed by atoms with van der Waals surface area (Å²) in [5.74, 6) is -0.0956. The summed E-state index contributed by atoms with van der Waals surface area (Å²) >= 11 is 0. The fraction of sp³-hybridized carbons (Fsp3) is 0.556. The molecule has 0 saturated heterocycles. The van der Waals surface area contributed by atoms with Gasteiger partial charge in [0.1, 0.15) is 0 Å². The molecule has 0 radical (unpaired) electrons. The Kier molecular flexibility index (Phi) is 5.99. The van der Waals surface area contributed by atoms with E-state index in [0.717, 1.165) is 32.2 Å². The Labute approximate surface area is 132 Å². The predicted octanol–water partition coefficient (Wildman–Crippen LogP) is 3.23. The number of hydrogen-bond acceptors (Lipinski definition) is 2. The molecule has 1 fully saturated rings. The first-order valence-corrected chi connectivity index (χ1v) is 8.28. The van der Waals surface area contributed by atoms with Crippen LogP contribution < -0.4 is 5.32 Å². The van der Waals surface area contributed by atoms with Crippen LogP contribution in [0.5, 0.6) is 0 Å². The number of unbranched alkanes of at least 4 members (excludes halogenated alkanes) is 1. The smallest absolute Gasteiger partial charge is 0.253 e. The van der Waals surface area contributed by atoms with Crippen molar-refractivity contribution in [2.24, 2.45) is 0 Å². The van der Waals surface area contributed by atoms with Crippen molar-refractivity contribution >= 4 is 11.8 Å². The van der Waals surface area contributed by atoms with E-state index in [2.05, 4.69) is 12.2 Å². The molecule has 2 amide bonds. The third-order valence-electron chi connectivity index (χ3n) is 4.26. The lowest BCUT2D eigenvalue weighted by atomic mass is 10.1. The summed E-state index contributed by atoms with van der Waals surface area (Å²) in [4.78, 5) is 26.4. The van der Waals surface area contributed by atoms with Gasteiger partial charge in [0.25, 0.3) is 11.8 Å². The normalized spacial score (nSPS) is 14.8.